The Hall–Kier alpha value is -1.55. The summed E-state index contributed by atoms with van der Waals surface area (Å²) in [7, 11) is 0. The molecule has 0 aromatic heterocycles. The van der Waals surface area contributed by atoms with E-state index in [1.165, 1.54) is 6.92 Å². The van der Waals surface area contributed by atoms with Crippen molar-refractivity contribution >= 4 is 29.1 Å². The summed E-state index contributed by atoms with van der Waals surface area (Å²) in [4.78, 5) is 25.0. The van der Waals surface area contributed by atoms with Gasteiger partial charge in [0.15, 0.2) is 0 Å². The van der Waals surface area contributed by atoms with Crippen molar-refractivity contribution in [2.45, 2.75) is 39.7 Å². The molecule has 5 heteroatoms. The van der Waals surface area contributed by atoms with Crippen LogP contribution in [-0.4, -0.2) is 24.4 Å². The molecular weight excluding hydrogens is 276 g/mol. The average molecular weight is 297 g/mol. The first-order valence-corrected chi connectivity index (χ1v) is 7.14. The number of nitrogens with one attached hydrogen (secondary N) is 1. The van der Waals surface area contributed by atoms with E-state index in [9.17, 15) is 9.59 Å². The number of hydrogen-bond acceptors (Lipinski definition) is 2. The first kappa shape index (κ1) is 16.5. The second-order valence-electron chi connectivity index (χ2n) is 4.77. The smallest absolute Gasteiger partial charge is 0.223 e. The Balaban J connectivity index is 2.62. The van der Waals surface area contributed by atoms with Crippen LogP contribution in [0.4, 0.5) is 5.69 Å². The maximum absolute atomic E-state index is 11.8. The van der Waals surface area contributed by atoms with Crippen LogP contribution < -0.4 is 10.2 Å². The second-order valence-corrected chi connectivity index (χ2v) is 5.21. The summed E-state index contributed by atoms with van der Waals surface area (Å²) in [6.07, 6.45) is 1.17. The number of hydrogen-bond donors (Lipinski definition) is 1. The molecule has 1 aromatic rings. The van der Waals surface area contributed by atoms with Crippen LogP contribution in [0, 0.1) is 0 Å². The van der Waals surface area contributed by atoms with Crippen molar-refractivity contribution in [3.63, 3.8) is 0 Å². The molecule has 2 amide bonds. The standard InChI is InChI=1S/C15H21ClN2O2/c1-4-11(2)17-15(20)9-10-18(12(3)19)14-7-5-13(16)6-8-14/h5-8,11H,4,9-10H2,1-3H3,(H,17,20). The highest BCUT2D eigenvalue weighted by atomic mass is 35.5. The van der Waals surface area contributed by atoms with Crippen LogP contribution in [0.2, 0.25) is 5.02 Å². The Morgan fingerprint density at radius 3 is 2.40 bits per heavy atom. The zero-order chi connectivity index (χ0) is 15.1. The minimum Gasteiger partial charge on any atom is -0.354 e. The van der Waals surface area contributed by atoms with Gasteiger partial charge in [0.1, 0.15) is 0 Å². The summed E-state index contributed by atoms with van der Waals surface area (Å²) in [5.74, 6) is -0.136. The zero-order valence-corrected chi connectivity index (χ0v) is 12.9. The molecule has 0 bridgehead atoms. The van der Waals surface area contributed by atoms with Crippen molar-refractivity contribution in [1.82, 2.24) is 5.32 Å². The van der Waals surface area contributed by atoms with Crippen molar-refractivity contribution in [3.05, 3.63) is 29.3 Å². The molecule has 1 unspecified atom stereocenters. The van der Waals surface area contributed by atoms with Gasteiger partial charge < -0.3 is 10.2 Å². The van der Waals surface area contributed by atoms with Crippen LogP contribution in [0.25, 0.3) is 0 Å². The fourth-order valence-corrected chi connectivity index (χ4v) is 1.88. The zero-order valence-electron chi connectivity index (χ0n) is 12.1. The Kier molecular flexibility index (Phi) is 6.52. The van der Waals surface area contributed by atoms with Crippen LogP contribution in [0.3, 0.4) is 0 Å². The third-order valence-electron chi connectivity index (χ3n) is 3.10. The number of rotatable bonds is 6. The normalized spacial score (nSPS) is 11.8. The molecule has 20 heavy (non-hydrogen) atoms. The number of anilines is 1. The maximum atomic E-state index is 11.8. The average Bonchev–Trinajstić information content (AvgIpc) is 2.40. The second kappa shape index (κ2) is 7.90. The van der Waals surface area contributed by atoms with E-state index >= 15 is 0 Å². The van der Waals surface area contributed by atoms with E-state index in [2.05, 4.69) is 5.32 Å². The lowest BCUT2D eigenvalue weighted by molar-refractivity contribution is -0.121. The van der Waals surface area contributed by atoms with Gasteiger partial charge in [0.25, 0.3) is 0 Å². The molecule has 0 radical (unpaired) electrons. The topological polar surface area (TPSA) is 49.4 Å². The van der Waals surface area contributed by atoms with Gasteiger partial charge in [-0.3, -0.25) is 9.59 Å². The van der Waals surface area contributed by atoms with Crippen molar-refractivity contribution in [2.75, 3.05) is 11.4 Å². The largest absolute Gasteiger partial charge is 0.354 e. The lowest BCUT2D eigenvalue weighted by Crippen LogP contribution is -2.36. The molecule has 0 saturated heterocycles. The van der Waals surface area contributed by atoms with Crippen molar-refractivity contribution in [3.8, 4) is 0 Å². The summed E-state index contributed by atoms with van der Waals surface area (Å²) >= 11 is 5.83. The Labute approximate surface area is 125 Å². The summed E-state index contributed by atoms with van der Waals surface area (Å²) < 4.78 is 0. The molecule has 0 saturated carbocycles. The number of carbonyl (C=O) groups excluding carboxylic acids is 2. The van der Waals surface area contributed by atoms with E-state index in [0.717, 1.165) is 12.1 Å². The minimum atomic E-state index is -0.0938. The molecule has 0 spiro atoms. The molecule has 1 atom stereocenters. The predicted molar refractivity (Wildman–Crippen MR) is 82.0 cm³/mol. The van der Waals surface area contributed by atoms with Gasteiger partial charge in [-0.15, -0.1) is 0 Å². The van der Waals surface area contributed by atoms with E-state index in [1.807, 2.05) is 13.8 Å². The van der Waals surface area contributed by atoms with Gasteiger partial charge in [-0.1, -0.05) is 18.5 Å². The first-order chi connectivity index (χ1) is 9.43. The van der Waals surface area contributed by atoms with Gasteiger partial charge in [0.2, 0.25) is 11.8 Å². The number of benzene rings is 1. The number of amides is 2. The summed E-state index contributed by atoms with van der Waals surface area (Å²) in [6, 6.07) is 7.16. The lowest BCUT2D eigenvalue weighted by Gasteiger charge is -2.21. The third kappa shape index (κ3) is 5.21. The summed E-state index contributed by atoms with van der Waals surface area (Å²) in [5.41, 5.74) is 0.748. The fourth-order valence-electron chi connectivity index (χ4n) is 1.75. The number of halogens is 1. The molecule has 0 fully saturated rings. The molecule has 110 valence electrons. The minimum absolute atomic E-state index is 0.0421. The number of carbonyl (C=O) groups is 2. The van der Waals surface area contributed by atoms with E-state index in [1.54, 1.807) is 29.2 Å². The molecule has 0 aliphatic carbocycles. The molecular formula is C15H21ClN2O2. The molecule has 4 nitrogen and oxygen atoms in total. The highest BCUT2D eigenvalue weighted by molar-refractivity contribution is 6.30. The molecule has 0 heterocycles. The molecule has 1 N–H and O–H groups in total. The first-order valence-electron chi connectivity index (χ1n) is 6.77. The Bertz CT molecular complexity index is 459. The van der Waals surface area contributed by atoms with E-state index in [-0.39, 0.29) is 24.3 Å². The van der Waals surface area contributed by atoms with Gasteiger partial charge in [0, 0.05) is 36.6 Å². The number of nitrogens with zero attached hydrogens (tertiary/aromatic N) is 1. The van der Waals surface area contributed by atoms with Gasteiger partial charge in [-0.2, -0.15) is 0 Å². The summed E-state index contributed by atoms with van der Waals surface area (Å²) in [6.45, 7) is 5.82. The Morgan fingerprint density at radius 1 is 1.30 bits per heavy atom. The van der Waals surface area contributed by atoms with Crippen LogP contribution in [0.5, 0.6) is 0 Å². The SMILES string of the molecule is CCC(C)NC(=O)CCN(C(C)=O)c1ccc(Cl)cc1. The highest BCUT2D eigenvalue weighted by Gasteiger charge is 2.14. The summed E-state index contributed by atoms with van der Waals surface area (Å²) in [5, 5.41) is 3.50. The van der Waals surface area contributed by atoms with Crippen LogP contribution in [0.1, 0.15) is 33.6 Å². The van der Waals surface area contributed by atoms with Crippen LogP contribution in [-0.2, 0) is 9.59 Å². The van der Waals surface area contributed by atoms with Gasteiger partial charge >= 0.3 is 0 Å². The van der Waals surface area contributed by atoms with Gasteiger partial charge in [-0.05, 0) is 37.6 Å². The van der Waals surface area contributed by atoms with Gasteiger partial charge in [-0.25, -0.2) is 0 Å². The lowest BCUT2D eigenvalue weighted by atomic mass is 10.2. The quantitative estimate of drug-likeness (QED) is 0.877. The molecule has 1 rings (SSSR count). The van der Waals surface area contributed by atoms with E-state index in [4.69, 9.17) is 11.6 Å². The van der Waals surface area contributed by atoms with E-state index in [0.29, 0.717) is 11.6 Å². The van der Waals surface area contributed by atoms with E-state index < -0.39 is 0 Å². The maximum Gasteiger partial charge on any atom is 0.223 e. The van der Waals surface area contributed by atoms with Crippen molar-refractivity contribution < 1.29 is 9.59 Å². The van der Waals surface area contributed by atoms with Crippen molar-refractivity contribution in [2.24, 2.45) is 0 Å². The van der Waals surface area contributed by atoms with Gasteiger partial charge in [0.05, 0.1) is 0 Å². The fraction of sp³-hybridized carbons (Fsp3) is 0.467. The van der Waals surface area contributed by atoms with Crippen molar-refractivity contribution in [1.29, 1.82) is 0 Å². The molecule has 1 aromatic carbocycles. The predicted octanol–water partition coefficient (Wildman–Crippen LogP) is 3.00. The molecule has 0 aliphatic heterocycles. The highest BCUT2D eigenvalue weighted by Crippen LogP contribution is 2.18. The van der Waals surface area contributed by atoms with Crippen LogP contribution >= 0.6 is 11.6 Å². The third-order valence-corrected chi connectivity index (χ3v) is 3.35. The Morgan fingerprint density at radius 2 is 1.90 bits per heavy atom. The molecule has 0 aliphatic rings. The monoisotopic (exact) mass is 296 g/mol. The van der Waals surface area contributed by atoms with Crippen LogP contribution in [0.15, 0.2) is 24.3 Å².